The fourth-order valence-electron chi connectivity index (χ4n) is 0.456. The Labute approximate surface area is 59.5 Å². The molecule has 0 saturated heterocycles. The molecule has 0 saturated carbocycles. The Morgan fingerprint density at radius 2 is 2.40 bits per heavy atom. The smallest absolute Gasteiger partial charge is 0.274 e. The lowest BCUT2D eigenvalue weighted by Gasteiger charge is -1.86. The molecule has 1 rings (SSSR count). The number of aromatic nitrogens is 1. The lowest BCUT2D eigenvalue weighted by molar-refractivity contribution is 0.112. The molecular weight excluding hydrogens is 160 g/mol. The predicted octanol–water partition coefficient (Wildman–Crippen LogP) is 1.89. The number of hydrogen-bond donors (Lipinski definition) is 0. The predicted molar refractivity (Wildman–Crippen MR) is 32.5 cm³/mol. The Morgan fingerprint density at radius 3 is 2.70 bits per heavy atom. The van der Waals surface area contributed by atoms with Crippen LogP contribution in [0.15, 0.2) is 6.20 Å². The van der Waals surface area contributed by atoms with Crippen LogP contribution >= 0.6 is 11.3 Å². The van der Waals surface area contributed by atoms with E-state index < -0.39 is 6.43 Å². The molecule has 0 unspecified atom stereocenters. The first-order valence-electron chi connectivity index (χ1n) is 2.43. The van der Waals surface area contributed by atoms with Crippen LogP contribution in [0.4, 0.5) is 8.78 Å². The maximum atomic E-state index is 11.8. The summed E-state index contributed by atoms with van der Waals surface area (Å²) in [4.78, 5) is 13.2. The first kappa shape index (κ1) is 7.27. The van der Waals surface area contributed by atoms with Crippen molar-refractivity contribution >= 4 is 17.6 Å². The molecule has 0 spiro atoms. The number of nitrogens with zero attached hydrogens (tertiary/aromatic N) is 1. The standard InChI is InChI=1S/C5H3F2NOS/c6-5(7)3-1-8-4(2-9)10-3/h1-2,5H. The monoisotopic (exact) mass is 163 g/mol. The van der Waals surface area contributed by atoms with Crippen LogP contribution in [0, 0.1) is 0 Å². The van der Waals surface area contributed by atoms with Gasteiger partial charge < -0.3 is 0 Å². The van der Waals surface area contributed by atoms with E-state index in [4.69, 9.17) is 0 Å². The lowest BCUT2D eigenvalue weighted by Crippen LogP contribution is -1.72. The quantitative estimate of drug-likeness (QED) is 0.623. The van der Waals surface area contributed by atoms with E-state index in [0.29, 0.717) is 17.6 Å². The summed E-state index contributed by atoms with van der Waals surface area (Å²) in [6.45, 7) is 0. The molecule has 0 amide bonds. The van der Waals surface area contributed by atoms with Gasteiger partial charge in [-0.1, -0.05) is 0 Å². The summed E-state index contributed by atoms with van der Waals surface area (Å²) in [5.74, 6) is 0. The molecule has 0 N–H and O–H groups in total. The fourth-order valence-corrected chi connectivity index (χ4v) is 1.05. The summed E-state index contributed by atoms with van der Waals surface area (Å²) in [6, 6.07) is 0. The Hall–Kier alpha value is -0.840. The van der Waals surface area contributed by atoms with Crippen LogP contribution < -0.4 is 0 Å². The average molecular weight is 163 g/mol. The Morgan fingerprint density at radius 1 is 1.70 bits per heavy atom. The highest BCUT2D eigenvalue weighted by Gasteiger charge is 2.10. The maximum Gasteiger partial charge on any atom is 0.274 e. The molecule has 1 heterocycles. The second-order valence-electron chi connectivity index (χ2n) is 1.52. The van der Waals surface area contributed by atoms with Gasteiger partial charge in [-0.3, -0.25) is 4.79 Å². The Balaban J connectivity index is 2.88. The van der Waals surface area contributed by atoms with E-state index in [9.17, 15) is 13.6 Å². The van der Waals surface area contributed by atoms with Crippen LogP contribution in [0.5, 0.6) is 0 Å². The summed E-state index contributed by atoms with van der Waals surface area (Å²) in [5, 5.41) is 0.0929. The van der Waals surface area contributed by atoms with E-state index in [1.165, 1.54) is 0 Å². The third-order valence-corrected chi connectivity index (χ3v) is 1.79. The highest BCUT2D eigenvalue weighted by Crippen LogP contribution is 2.23. The minimum Gasteiger partial charge on any atom is -0.295 e. The van der Waals surface area contributed by atoms with E-state index >= 15 is 0 Å². The molecule has 0 aliphatic carbocycles. The summed E-state index contributed by atoms with van der Waals surface area (Å²) in [6.07, 6.45) is -1.05. The maximum absolute atomic E-state index is 11.8. The van der Waals surface area contributed by atoms with Gasteiger partial charge in [0.15, 0.2) is 11.3 Å². The molecule has 0 radical (unpaired) electrons. The second kappa shape index (κ2) is 2.83. The molecular formula is C5H3F2NOS. The number of alkyl halides is 2. The van der Waals surface area contributed by atoms with Gasteiger partial charge in [-0.25, -0.2) is 13.8 Å². The second-order valence-corrected chi connectivity index (χ2v) is 2.61. The first-order chi connectivity index (χ1) is 4.74. The van der Waals surface area contributed by atoms with Gasteiger partial charge in [-0.15, -0.1) is 11.3 Å². The molecule has 0 aliphatic heterocycles. The highest BCUT2D eigenvalue weighted by atomic mass is 32.1. The van der Waals surface area contributed by atoms with Gasteiger partial charge in [0.05, 0.1) is 4.88 Å². The van der Waals surface area contributed by atoms with Crippen molar-refractivity contribution in [3.05, 3.63) is 16.1 Å². The van der Waals surface area contributed by atoms with Crippen molar-refractivity contribution in [2.45, 2.75) is 6.43 Å². The first-order valence-corrected chi connectivity index (χ1v) is 3.24. The Bertz CT molecular complexity index is 235. The zero-order chi connectivity index (χ0) is 7.56. The van der Waals surface area contributed by atoms with Crippen LogP contribution in [-0.2, 0) is 0 Å². The van der Waals surface area contributed by atoms with E-state index in [0.717, 1.165) is 6.20 Å². The van der Waals surface area contributed by atoms with Crippen LogP contribution in [-0.4, -0.2) is 11.3 Å². The van der Waals surface area contributed by atoms with Gasteiger partial charge in [0.2, 0.25) is 0 Å². The van der Waals surface area contributed by atoms with E-state index in [1.54, 1.807) is 0 Å². The molecule has 5 heteroatoms. The molecule has 54 valence electrons. The summed E-state index contributed by atoms with van der Waals surface area (Å²) in [7, 11) is 0. The lowest BCUT2D eigenvalue weighted by atomic mass is 10.6. The van der Waals surface area contributed by atoms with Crippen molar-refractivity contribution in [1.29, 1.82) is 0 Å². The summed E-state index contributed by atoms with van der Waals surface area (Å²) >= 11 is 0.712. The third-order valence-electron chi connectivity index (χ3n) is 0.857. The van der Waals surface area contributed by atoms with Gasteiger partial charge in [0.1, 0.15) is 0 Å². The summed E-state index contributed by atoms with van der Waals surface area (Å²) < 4.78 is 23.5. The number of aldehydes is 1. The van der Waals surface area contributed by atoms with E-state index in [2.05, 4.69) is 4.98 Å². The molecule has 1 aromatic heterocycles. The molecule has 0 bridgehead atoms. The van der Waals surface area contributed by atoms with Crippen molar-refractivity contribution in [3.63, 3.8) is 0 Å². The van der Waals surface area contributed by atoms with E-state index in [1.807, 2.05) is 0 Å². The molecule has 0 aromatic carbocycles. The molecule has 0 aliphatic rings. The van der Waals surface area contributed by atoms with E-state index in [-0.39, 0.29) is 9.88 Å². The molecule has 0 fully saturated rings. The molecule has 2 nitrogen and oxygen atoms in total. The highest BCUT2D eigenvalue weighted by molar-refractivity contribution is 7.13. The molecule has 0 atom stereocenters. The molecule has 10 heavy (non-hydrogen) atoms. The number of thiazole rings is 1. The minimum absolute atomic E-state index is 0.0929. The fraction of sp³-hybridized carbons (Fsp3) is 0.200. The number of carbonyl (C=O) groups is 1. The Kier molecular flexibility index (Phi) is 2.06. The van der Waals surface area contributed by atoms with Gasteiger partial charge in [-0.2, -0.15) is 0 Å². The minimum atomic E-state index is -2.52. The van der Waals surface area contributed by atoms with Crippen molar-refractivity contribution in [2.24, 2.45) is 0 Å². The van der Waals surface area contributed by atoms with Gasteiger partial charge >= 0.3 is 0 Å². The molecule has 1 aromatic rings. The number of rotatable bonds is 2. The number of carbonyl (C=O) groups excluding carboxylic acids is 1. The van der Waals surface area contributed by atoms with Crippen molar-refractivity contribution in [1.82, 2.24) is 4.98 Å². The van der Waals surface area contributed by atoms with Crippen LogP contribution in [0.1, 0.15) is 21.1 Å². The normalized spacial score (nSPS) is 10.3. The zero-order valence-corrected chi connectivity index (χ0v) is 5.57. The van der Waals surface area contributed by atoms with Crippen LogP contribution in [0.3, 0.4) is 0 Å². The van der Waals surface area contributed by atoms with Crippen LogP contribution in [0.2, 0.25) is 0 Å². The van der Waals surface area contributed by atoms with Crippen molar-refractivity contribution < 1.29 is 13.6 Å². The third kappa shape index (κ3) is 1.36. The van der Waals surface area contributed by atoms with Gasteiger partial charge in [-0.05, 0) is 0 Å². The zero-order valence-electron chi connectivity index (χ0n) is 4.75. The van der Waals surface area contributed by atoms with Crippen molar-refractivity contribution in [3.8, 4) is 0 Å². The average Bonchev–Trinajstić information content (AvgIpc) is 2.34. The number of halogens is 2. The van der Waals surface area contributed by atoms with Gasteiger partial charge in [0.25, 0.3) is 6.43 Å². The topological polar surface area (TPSA) is 30.0 Å². The summed E-state index contributed by atoms with van der Waals surface area (Å²) in [5.41, 5.74) is 0. The van der Waals surface area contributed by atoms with Gasteiger partial charge in [0, 0.05) is 6.20 Å². The largest absolute Gasteiger partial charge is 0.295 e. The SMILES string of the molecule is O=Cc1ncc(C(F)F)s1. The van der Waals surface area contributed by atoms with Crippen LogP contribution in [0.25, 0.3) is 0 Å². The van der Waals surface area contributed by atoms with Crippen molar-refractivity contribution in [2.75, 3.05) is 0 Å². The number of hydrogen-bond acceptors (Lipinski definition) is 3.